The molecule has 0 unspecified atom stereocenters. The number of carbonyl (C=O) groups excluding carboxylic acids is 1. The number of aromatic nitrogens is 2. The Labute approximate surface area is 141 Å². The Balaban J connectivity index is 1.43. The summed E-state index contributed by atoms with van der Waals surface area (Å²) in [5.41, 5.74) is 1.92. The molecule has 1 aliphatic heterocycles. The number of morpholine rings is 1. The first kappa shape index (κ1) is 16.2. The zero-order chi connectivity index (χ0) is 16.6. The molecule has 1 fully saturated rings. The van der Waals surface area contributed by atoms with Crippen molar-refractivity contribution in [2.75, 3.05) is 31.2 Å². The van der Waals surface area contributed by atoms with E-state index in [-0.39, 0.29) is 6.03 Å². The van der Waals surface area contributed by atoms with E-state index in [1.165, 1.54) is 0 Å². The van der Waals surface area contributed by atoms with Crippen molar-refractivity contribution in [1.82, 2.24) is 20.6 Å². The van der Waals surface area contributed by atoms with Gasteiger partial charge in [-0.1, -0.05) is 12.1 Å². The van der Waals surface area contributed by atoms with Crippen molar-refractivity contribution in [3.05, 3.63) is 54.0 Å². The number of hydrogen-bond acceptors (Lipinski definition) is 5. The quantitative estimate of drug-likeness (QED) is 0.866. The Kier molecular flexibility index (Phi) is 5.57. The molecule has 0 bridgehead atoms. The number of nitrogens with one attached hydrogen (secondary N) is 2. The van der Waals surface area contributed by atoms with Crippen molar-refractivity contribution in [3.8, 4) is 0 Å². The number of nitrogens with zero attached hydrogens (tertiary/aromatic N) is 3. The molecule has 2 amide bonds. The van der Waals surface area contributed by atoms with Gasteiger partial charge in [0.1, 0.15) is 5.82 Å². The standard InChI is InChI=1S/C17H21N5O2/c23-17(20-12-14-2-1-5-18-10-14)21-13-15-3-4-16(19-11-15)22-6-8-24-9-7-22/h1-5,10-11H,6-9,12-13H2,(H2,20,21,23). The van der Waals surface area contributed by atoms with Crippen LogP contribution in [0.3, 0.4) is 0 Å². The number of amides is 2. The molecule has 0 aromatic carbocycles. The Bertz CT molecular complexity index is 642. The van der Waals surface area contributed by atoms with Crippen LogP contribution < -0.4 is 15.5 Å². The summed E-state index contributed by atoms with van der Waals surface area (Å²) in [6.07, 6.45) is 5.23. The minimum atomic E-state index is -0.212. The predicted molar refractivity (Wildman–Crippen MR) is 90.6 cm³/mol. The molecule has 0 spiro atoms. The van der Waals surface area contributed by atoms with E-state index in [0.717, 1.165) is 43.2 Å². The van der Waals surface area contributed by atoms with Gasteiger partial charge in [0, 0.05) is 44.8 Å². The second-order valence-corrected chi connectivity index (χ2v) is 5.52. The lowest BCUT2D eigenvalue weighted by Gasteiger charge is -2.27. The van der Waals surface area contributed by atoms with Crippen molar-refractivity contribution in [3.63, 3.8) is 0 Å². The maximum Gasteiger partial charge on any atom is 0.315 e. The number of pyridine rings is 2. The number of rotatable bonds is 5. The van der Waals surface area contributed by atoms with Crippen molar-refractivity contribution in [2.45, 2.75) is 13.1 Å². The molecular formula is C17H21N5O2. The summed E-state index contributed by atoms with van der Waals surface area (Å²) in [4.78, 5) is 22.5. The zero-order valence-corrected chi connectivity index (χ0v) is 13.4. The topological polar surface area (TPSA) is 79.4 Å². The second kappa shape index (κ2) is 8.26. The molecule has 0 atom stereocenters. The number of anilines is 1. The van der Waals surface area contributed by atoms with E-state index >= 15 is 0 Å². The van der Waals surface area contributed by atoms with Crippen LogP contribution in [0.2, 0.25) is 0 Å². The van der Waals surface area contributed by atoms with Crippen LogP contribution in [0, 0.1) is 0 Å². The molecule has 7 heteroatoms. The van der Waals surface area contributed by atoms with Gasteiger partial charge in [-0.3, -0.25) is 4.98 Å². The van der Waals surface area contributed by atoms with E-state index in [4.69, 9.17) is 4.74 Å². The molecule has 3 rings (SSSR count). The highest BCUT2D eigenvalue weighted by Crippen LogP contribution is 2.12. The van der Waals surface area contributed by atoms with Gasteiger partial charge in [0.25, 0.3) is 0 Å². The van der Waals surface area contributed by atoms with E-state index in [1.807, 2.05) is 24.3 Å². The molecule has 3 heterocycles. The summed E-state index contributed by atoms with van der Waals surface area (Å²) in [5.74, 6) is 0.947. The molecule has 2 aromatic rings. The maximum absolute atomic E-state index is 11.8. The van der Waals surface area contributed by atoms with Crippen molar-refractivity contribution in [1.29, 1.82) is 0 Å². The molecule has 2 N–H and O–H groups in total. The van der Waals surface area contributed by atoms with Gasteiger partial charge in [-0.05, 0) is 23.3 Å². The summed E-state index contributed by atoms with van der Waals surface area (Å²) < 4.78 is 5.34. The van der Waals surface area contributed by atoms with E-state index in [0.29, 0.717) is 13.1 Å². The first-order valence-electron chi connectivity index (χ1n) is 7.99. The molecule has 0 aliphatic carbocycles. The normalized spacial score (nSPS) is 14.2. The molecule has 126 valence electrons. The lowest BCUT2D eigenvalue weighted by molar-refractivity contribution is 0.122. The number of hydrogen-bond donors (Lipinski definition) is 2. The molecule has 7 nitrogen and oxygen atoms in total. The van der Waals surface area contributed by atoms with Crippen molar-refractivity contribution >= 4 is 11.8 Å². The summed E-state index contributed by atoms with van der Waals surface area (Å²) in [5, 5.41) is 5.62. The Morgan fingerprint density at radius 2 is 1.83 bits per heavy atom. The van der Waals surface area contributed by atoms with Crippen LogP contribution in [0.25, 0.3) is 0 Å². The monoisotopic (exact) mass is 327 g/mol. The molecule has 0 radical (unpaired) electrons. The highest BCUT2D eigenvalue weighted by atomic mass is 16.5. The van der Waals surface area contributed by atoms with E-state index in [2.05, 4.69) is 25.5 Å². The van der Waals surface area contributed by atoms with Crippen LogP contribution in [0.1, 0.15) is 11.1 Å². The SMILES string of the molecule is O=C(NCc1cccnc1)NCc1ccc(N2CCOCC2)nc1. The average molecular weight is 327 g/mol. The van der Waals surface area contributed by atoms with Crippen LogP contribution in [0.4, 0.5) is 10.6 Å². The van der Waals surface area contributed by atoms with Gasteiger partial charge < -0.3 is 20.3 Å². The van der Waals surface area contributed by atoms with Gasteiger partial charge in [0.15, 0.2) is 0 Å². The summed E-state index contributed by atoms with van der Waals surface area (Å²) in [6.45, 7) is 4.09. The highest BCUT2D eigenvalue weighted by molar-refractivity contribution is 5.73. The van der Waals surface area contributed by atoms with Crippen LogP contribution in [0.5, 0.6) is 0 Å². The van der Waals surface area contributed by atoms with Gasteiger partial charge in [0.05, 0.1) is 13.2 Å². The number of urea groups is 1. The first-order valence-corrected chi connectivity index (χ1v) is 7.99. The third-order valence-corrected chi connectivity index (χ3v) is 3.77. The first-order chi connectivity index (χ1) is 11.8. The smallest absolute Gasteiger partial charge is 0.315 e. The molecule has 1 aliphatic rings. The van der Waals surface area contributed by atoms with Crippen molar-refractivity contribution in [2.24, 2.45) is 0 Å². The van der Waals surface area contributed by atoms with Gasteiger partial charge in [0.2, 0.25) is 0 Å². The third kappa shape index (κ3) is 4.66. The fourth-order valence-electron chi connectivity index (χ4n) is 2.43. The minimum absolute atomic E-state index is 0.212. The third-order valence-electron chi connectivity index (χ3n) is 3.77. The number of carbonyl (C=O) groups is 1. The summed E-state index contributed by atoms with van der Waals surface area (Å²) in [6, 6.07) is 7.52. The Morgan fingerprint density at radius 3 is 2.46 bits per heavy atom. The van der Waals surface area contributed by atoms with Gasteiger partial charge in [-0.2, -0.15) is 0 Å². The van der Waals surface area contributed by atoms with Crippen LogP contribution in [-0.2, 0) is 17.8 Å². The van der Waals surface area contributed by atoms with E-state index < -0.39 is 0 Å². The van der Waals surface area contributed by atoms with Gasteiger partial charge >= 0.3 is 6.03 Å². The second-order valence-electron chi connectivity index (χ2n) is 5.52. The van der Waals surface area contributed by atoms with Crippen LogP contribution in [0.15, 0.2) is 42.9 Å². The maximum atomic E-state index is 11.8. The average Bonchev–Trinajstić information content (AvgIpc) is 2.67. The highest BCUT2D eigenvalue weighted by Gasteiger charge is 2.12. The lowest BCUT2D eigenvalue weighted by atomic mass is 10.2. The van der Waals surface area contributed by atoms with Crippen LogP contribution in [-0.4, -0.2) is 42.3 Å². The largest absolute Gasteiger partial charge is 0.378 e. The molecule has 0 saturated carbocycles. The molecule has 1 saturated heterocycles. The Hall–Kier alpha value is -2.67. The fraction of sp³-hybridized carbons (Fsp3) is 0.353. The van der Waals surface area contributed by atoms with Crippen LogP contribution >= 0.6 is 0 Å². The van der Waals surface area contributed by atoms with Gasteiger partial charge in [-0.25, -0.2) is 9.78 Å². The molecular weight excluding hydrogens is 306 g/mol. The molecule has 2 aromatic heterocycles. The number of ether oxygens (including phenoxy) is 1. The van der Waals surface area contributed by atoms with E-state index in [1.54, 1.807) is 18.6 Å². The summed E-state index contributed by atoms with van der Waals surface area (Å²) >= 11 is 0. The predicted octanol–water partition coefficient (Wildman–Crippen LogP) is 1.31. The Morgan fingerprint density at radius 1 is 1.08 bits per heavy atom. The minimum Gasteiger partial charge on any atom is -0.378 e. The fourth-order valence-corrected chi connectivity index (χ4v) is 2.43. The molecule has 24 heavy (non-hydrogen) atoms. The zero-order valence-electron chi connectivity index (χ0n) is 13.4. The lowest BCUT2D eigenvalue weighted by Crippen LogP contribution is -2.36. The van der Waals surface area contributed by atoms with E-state index in [9.17, 15) is 4.79 Å². The van der Waals surface area contributed by atoms with Gasteiger partial charge in [-0.15, -0.1) is 0 Å². The summed E-state index contributed by atoms with van der Waals surface area (Å²) in [7, 11) is 0. The van der Waals surface area contributed by atoms with Crippen molar-refractivity contribution < 1.29 is 9.53 Å².